The maximum absolute atomic E-state index is 11.2. The molecule has 1 aliphatic rings. The summed E-state index contributed by atoms with van der Waals surface area (Å²) in [6.45, 7) is 4.76. The maximum atomic E-state index is 11.2. The molecule has 0 atom stereocenters. The van der Waals surface area contributed by atoms with Crippen LogP contribution in [-0.2, 0) is 11.3 Å². The van der Waals surface area contributed by atoms with E-state index in [1.165, 1.54) is 5.56 Å². The van der Waals surface area contributed by atoms with E-state index in [1.807, 2.05) is 6.07 Å². The number of thiophene rings is 1. The first-order valence-electron chi connectivity index (χ1n) is 6.02. The van der Waals surface area contributed by atoms with Crippen LogP contribution in [0.5, 0.6) is 0 Å². The zero-order valence-corrected chi connectivity index (χ0v) is 11.3. The van der Waals surface area contributed by atoms with Gasteiger partial charge in [0.1, 0.15) is 0 Å². The van der Waals surface area contributed by atoms with Gasteiger partial charge in [0.2, 0.25) is 0 Å². The standard InChI is InChI=1S/C13H19NO2S/c1-10(15)13-7-11(9-17-13)8-14-5-3-12(16-2)4-6-14/h7,9,12H,3-6,8H2,1-2H3. The predicted octanol–water partition coefficient (Wildman–Crippen LogP) is 2.56. The van der Waals surface area contributed by atoms with Gasteiger partial charge >= 0.3 is 0 Å². The van der Waals surface area contributed by atoms with Gasteiger partial charge in [-0.05, 0) is 36.8 Å². The van der Waals surface area contributed by atoms with E-state index in [2.05, 4.69) is 10.3 Å². The quantitative estimate of drug-likeness (QED) is 0.772. The molecule has 0 amide bonds. The first-order chi connectivity index (χ1) is 8.19. The van der Waals surface area contributed by atoms with Crippen LogP contribution in [0.15, 0.2) is 11.4 Å². The van der Waals surface area contributed by atoms with Gasteiger partial charge in [0.05, 0.1) is 11.0 Å². The zero-order chi connectivity index (χ0) is 12.3. The third-order valence-corrected chi connectivity index (χ3v) is 4.35. The van der Waals surface area contributed by atoms with Gasteiger partial charge in [-0.15, -0.1) is 11.3 Å². The van der Waals surface area contributed by atoms with Gasteiger partial charge in [0.25, 0.3) is 0 Å². The summed E-state index contributed by atoms with van der Waals surface area (Å²) in [6, 6.07) is 2.02. The number of Topliss-reactive ketones (excluding diaryl/α,β-unsaturated/α-hetero) is 1. The molecule has 0 aromatic carbocycles. The molecule has 0 spiro atoms. The molecule has 17 heavy (non-hydrogen) atoms. The molecule has 1 aliphatic heterocycles. The van der Waals surface area contributed by atoms with Gasteiger partial charge < -0.3 is 4.74 Å². The minimum Gasteiger partial charge on any atom is -0.381 e. The Balaban J connectivity index is 1.86. The maximum Gasteiger partial charge on any atom is 0.169 e. The van der Waals surface area contributed by atoms with Crippen LogP contribution in [0.4, 0.5) is 0 Å². The molecule has 0 saturated carbocycles. The molecule has 1 saturated heterocycles. The Hall–Kier alpha value is -0.710. The van der Waals surface area contributed by atoms with Crippen molar-refractivity contribution in [3.63, 3.8) is 0 Å². The largest absolute Gasteiger partial charge is 0.381 e. The lowest BCUT2D eigenvalue weighted by molar-refractivity contribution is 0.0389. The molecule has 1 aromatic heterocycles. The third kappa shape index (κ3) is 3.37. The number of nitrogens with zero attached hydrogens (tertiary/aromatic N) is 1. The van der Waals surface area contributed by atoms with E-state index in [4.69, 9.17) is 4.74 Å². The SMILES string of the molecule is COC1CCN(Cc2csc(C(C)=O)c2)CC1. The average molecular weight is 253 g/mol. The van der Waals surface area contributed by atoms with Crippen LogP contribution in [0, 0.1) is 0 Å². The Morgan fingerprint density at radius 1 is 1.53 bits per heavy atom. The number of ketones is 1. The van der Waals surface area contributed by atoms with Crippen molar-refractivity contribution in [2.45, 2.75) is 32.4 Å². The van der Waals surface area contributed by atoms with E-state index in [1.54, 1.807) is 25.4 Å². The van der Waals surface area contributed by atoms with Gasteiger partial charge in [-0.2, -0.15) is 0 Å². The number of likely N-dealkylation sites (tertiary alicyclic amines) is 1. The fraction of sp³-hybridized carbons (Fsp3) is 0.615. The number of carbonyl (C=O) groups is 1. The van der Waals surface area contributed by atoms with Crippen LogP contribution in [0.25, 0.3) is 0 Å². The Kier molecular flexibility index (Phi) is 4.31. The van der Waals surface area contributed by atoms with E-state index in [-0.39, 0.29) is 5.78 Å². The highest BCUT2D eigenvalue weighted by atomic mass is 32.1. The third-order valence-electron chi connectivity index (χ3n) is 3.27. The molecule has 0 aliphatic carbocycles. The van der Waals surface area contributed by atoms with E-state index >= 15 is 0 Å². The first kappa shape index (κ1) is 12.7. The second kappa shape index (κ2) is 5.76. The molecule has 0 radical (unpaired) electrons. The second-order valence-electron chi connectivity index (χ2n) is 4.59. The molecule has 0 bridgehead atoms. The van der Waals surface area contributed by atoms with Crippen LogP contribution in [-0.4, -0.2) is 37.0 Å². The number of methoxy groups -OCH3 is 1. The van der Waals surface area contributed by atoms with Crippen molar-refractivity contribution >= 4 is 17.1 Å². The number of piperidine rings is 1. The van der Waals surface area contributed by atoms with Crippen molar-refractivity contribution in [1.82, 2.24) is 4.90 Å². The van der Waals surface area contributed by atoms with Crippen LogP contribution in [0.3, 0.4) is 0 Å². The van der Waals surface area contributed by atoms with Crippen molar-refractivity contribution in [3.8, 4) is 0 Å². The highest BCUT2D eigenvalue weighted by Gasteiger charge is 2.19. The number of rotatable bonds is 4. The topological polar surface area (TPSA) is 29.5 Å². The summed E-state index contributed by atoms with van der Waals surface area (Å²) < 4.78 is 5.36. The van der Waals surface area contributed by atoms with Crippen LogP contribution in [0.2, 0.25) is 0 Å². The van der Waals surface area contributed by atoms with Crippen molar-refractivity contribution in [1.29, 1.82) is 0 Å². The Labute approximate surface area is 106 Å². The van der Waals surface area contributed by atoms with Crippen molar-refractivity contribution < 1.29 is 9.53 Å². The first-order valence-corrected chi connectivity index (χ1v) is 6.90. The summed E-state index contributed by atoms with van der Waals surface area (Å²) in [5.74, 6) is 0.166. The normalized spacial score (nSPS) is 18.5. The smallest absolute Gasteiger partial charge is 0.169 e. The van der Waals surface area contributed by atoms with Gasteiger partial charge in [-0.3, -0.25) is 9.69 Å². The van der Waals surface area contributed by atoms with Crippen LogP contribution in [0.1, 0.15) is 35.0 Å². The summed E-state index contributed by atoms with van der Waals surface area (Å²) in [7, 11) is 1.79. The number of hydrogen-bond acceptors (Lipinski definition) is 4. The van der Waals surface area contributed by atoms with E-state index < -0.39 is 0 Å². The van der Waals surface area contributed by atoms with Crippen molar-refractivity contribution in [2.75, 3.05) is 20.2 Å². The Morgan fingerprint density at radius 3 is 2.76 bits per heavy atom. The van der Waals surface area contributed by atoms with Gasteiger partial charge in [-0.25, -0.2) is 0 Å². The molecule has 0 N–H and O–H groups in total. The van der Waals surface area contributed by atoms with Crippen molar-refractivity contribution in [3.05, 3.63) is 21.9 Å². The van der Waals surface area contributed by atoms with Gasteiger partial charge in [0, 0.05) is 26.7 Å². The lowest BCUT2D eigenvalue weighted by Gasteiger charge is -2.30. The highest BCUT2D eigenvalue weighted by molar-refractivity contribution is 7.12. The zero-order valence-electron chi connectivity index (χ0n) is 10.4. The number of hydrogen-bond donors (Lipinski definition) is 0. The van der Waals surface area contributed by atoms with E-state index in [0.717, 1.165) is 37.4 Å². The lowest BCUT2D eigenvalue weighted by atomic mass is 10.1. The average Bonchev–Trinajstić information content (AvgIpc) is 2.79. The molecular formula is C13H19NO2S. The van der Waals surface area contributed by atoms with Crippen molar-refractivity contribution in [2.24, 2.45) is 0 Å². The second-order valence-corrected chi connectivity index (χ2v) is 5.50. The number of carbonyl (C=O) groups excluding carboxylic acids is 1. The summed E-state index contributed by atoms with van der Waals surface area (Å²) in [5.41, 5.74) is 1.26. The molecule has 4 heteroatoms. The fourth-order valence-electron chi connectivity index (χ4n) is 2.20. The fourth-order valence-corrected chi connectivity index (χ4v) is 3.01. The molecular weight excluding hydrogens is 234 g/mol. The predicted molar refractivity (Wildman–Crippen MR) is 69.6 cm³/mol. The van der Waals surface area contributed by atoms with Gasteiger partial charge in [0.15, 0.2) is 5.78 Å². The Morgan fingerprint density at radius 2 is 2.24 bits per heavy atom. The van der Waals surface area contributed by atoms with Crippen LogP contribution >= 0.6 is 11.3 Å². The number of ether oxygens (including phenoxy) is 1. The van der Waals surface area contributed by atoms with E-state index in [0.29, 0.717) is 6.10 Å². The minimum atomic E-state index is 0.166. The minimum absolute atomic E-state index is 0.166. The highest BCUT2D eigenvalue weighted by Crippen LogP contribution is 2.20. The van der Waals surface area contributed by atoms with E-state index in [9.17, 15) is 4.79 Å². The molecule has 1 aromatic rings. The summed E-state index contributed by atoms with van der Waals surface area (Å²) in [4.78, 5) is 14.5. The van der Waals surface area contributed by atoms with Crippen LogP contribution < -0.4 is 0 Å². The monoisotopic (exact) mass is 253 g/mol. The summed E-state index contributed by atoms with van der Waals surface area (Å²) >= 11 is 1.55. The molecule has 0 unspecified atom stereocenters. The molecule has 2 heterocycles. The van der Waals surface area contributed by atoms with Gasteiger partial charge in [-0.1, -0.05) is 0 Å². The summed E-state index contributed by atoms with van der Waals surface area (Å²) in [5, 5.41) is 2.10. The molecule has 3 nitrogen and oxygen atoms in total. The molecule has 1 fully saturated rings. The molecule has 94 valence electrons. The summed E-state index contributed by atoms with van der Waals surface area (Å²) in [6.07, 6.45) is 2.65. The molecule has 2 rings (SSSR count). The Bertz CT molecular complexity index is 381. The lowest BCUT2D eigenvalue weighted by Crippen LogP contribution is -2.36.